The summed E-state index contributed by atoms with van der Waals surface area (Å²) in [5.41, 5.74) is 6.81. The van der Waals surface area contributed by atoms with Crippen molar-refractivity contribution >= 4 is 11.7 Å². The van der Waals surface area contributed by atoms with Crippen LogP contribution in [0.3, 0.4) is 0 Å². The lowest BCUT2D eigenvalue weighted by atomic mass is 9.93. The summed E-state index contributed by atoms with van der Waals surface area (Å²) in [6.07, 6.45) is 0. The summed E-state index contributed by atoms with van der Waals surface area (Å²) >= 11 is 0. The van der Waals surface area contributed by atoms with E-state index >= 15 is 0 Å². The molecule has 1 amide bonds. The Labute approximate surface area is 123 Å². The highest BCUT2D eigenvalue weighted by atomic mass is 16.2. The van der Waals surface area contributed by atoms with Gasteiger partial charge in [0.05, 0.1) is 0 Å². The molecule has 0 bridgehead atoms. The van der Waals surface area contributed by atoms with Gasteiger partial charge >= 0.3 is 0 Å². The molecule has 108 valence electrons. The van der Waals surface area contributed by atoms with E-state index in [0.717, 1.165) is 22.3 Å². The van der Waals surface area contributed by atoms with Gasteiger partial charge in [0.15, 0.2) is 5.78 Å². The number of carbonyl (C=O) groups is 2. The fraction of sp³-hybridized carbons (Fsp3) is 0.176. The van der Waals surface area contributed by atoms with Crippen LogP contribution < -0.4 is 11.3 Å². The third-order valence-corrected chi connectivity index (χ3v) is 3.44. The fourth-order valence-corrected chi connectivity index (χ4v) is 2.54. The predicted octanol–water partition coefficient (Wildman–Crippen LogP) is 2.45. The van der Waals surface area contributed by atoms with E-state index in [9.17, 15) is 9.59 Å². The van der Waals surface area contributed by atoms with Gasteiger partial charge in [0, 0.05) is 16.7 Å². The van der Waals surface area contributed by atoms with Gasteiger partial charge in [-0.3, -0.25) is 15.0 Å². The molecule has 0 aliphatic carbocycles. The second-order valence-corrected chi connectivity index (χ2v) is 5.15. The zero-order valence-electron chi connectivity index (χ0n) is 12.4. The van der Waals surface area contributed by atoms with Crippen molar-refractivity contribution in [2.45, 2.75) is 20.8 Å². The monoisotopic (exact) mass is 282 g/mol. The lowest BCUT2D eigenvalue weighted by molar-refractivity contribution is 0.0952. The highest BCUT2D eigenvalue weighted by molar-refractivity contribution is 6.11. The zero-order chi connectivity index (χ0) is 15.6. The summed E-state index contributed by atoms with van der Waals surface area (Å²) in [6.45, 7) is 5.88. The zero-order valence-corrected chi connectivity index (χ0v) is 12.4. The molecule has 21 heavy (non-hydrogen) atoms. The van der Waals surface area contributed by atoms with Crippen molar-refractivity contribution in [2.24, 2.45) is 5.84 Å². The van der Waals surface area contributed by atoms with Gasteiger partial charge in [-0.05, 0) is 44.0 Å². The van der Waals surface area contributed by atoms with Crippen LogP contribution in [0.25, 0.3) is 0 Å². The molecule has 0 aliphatic heterocycles. The summed E-state index contributed by atoms with van der Waals surface area (Å²) in [7, 11) is 0. The molecule has 0 unspecified atom stereocenters. The number of hydrogen-bond acceptors (Lipinski definition) is 3. The number of nitrogens with one attached hydrogen (secondary N) is 1. The molecule has 0 radical (unpaired) electrons. The molecule has 2 aromatic rings. The van der Waals surface area contributed by atoms with Gasteiger partial charge in [-0.15, -0.1) is 0 Å². The number of benzene rings is 2. The van der Waals surface area contributed by atoms with Crippen molar-refractivity contribution in [3.63, 3.8) is 0 Å². The highest BCUT2D eigenvalue weighted by Gasteiger charge is 2.15. The van der Waals surface area contributed by atoms with Crippen LogP contribution in [0.2, 0.25) is 0 Å². The van der Waals surface area contributed by atoms with E-state index in [4.69, 9.17) is 5.84 Å². The molecule has 0 spiro atoms. The van der Waals surface area contributed by atoms with Crippen LogP contribution in [0.1, 0.15) is 43.0 Å². The first kappa shape index (κ1) is 14.9. The maximum atomic E-state index is 12.6. The first-order chi connectivity index (χ1) is 9.93. The molecule has 0 saturated heterocycles. The van der Waals surface area contributed by atoms with Gasteiger partial charge < -0.3 is 0 Å². The van der Waals surface area contributed by atoms with E-state index in [-0.39, 0.29) is 11.7 Å². The minimum atomic E-state index is -0.378. The Hall–Kier alpha value is -2.46. The van der Waals surface area contributed by atoms with Crippen LogP contribution in [-0.4, -0.2) is 11.7 Å². The van der Waals surface area contributed by atoms with Gasteiger partial charge in [0.1, 0.15) is 0 Å². The summed E-state index contributed by atoms with van der Waals surface area (Å²) in [5, 5.41) is 0. The van der Waals surface area contributed by atoms with Gasteiger partial charge in [0.25, 0.3) is 5.91 Å². The van der Waals surface area contributed by atoms with E-state index in [0.29, 0.717) is 11.1 Å². The average Bonchev–Trinajstić information content (AvgIpc) is 2.45. The number of carbonyl (C=O) groups excluding carboxylic acids is 2. The number of amides is 1. The van der Waals surface area contributed by atoms with Gasteiger partial charge in [-0.1, -0.05) is 29.8 Å². The Morgan fingerprint density at radius 3 is 1.86 bits per heavy atom. The van der Waals surface area contributed by atoms with Crippen molar-refractivity contribution in [1.29, 1.82) is 0 Å². The lowest BCUT2D eigenvalue weighted by Gasteiger charge is -2.10. The molecule has 4 nitrogen and oxygen atoms in total. The highest BCUT2D eigenvalue weighted by Crippen LogP contribution is 2.20. The maximum absolute atomic E-state index is 12.6. The number of nitrogens with two attached hydrogens (primary N) is 1. The minimum absolute atomic E-state index is 0.0373. The lowest BCUT2D eigenvalue weighted by Crippen LogP contribution is -2.29. The molecule has 0 atom stereocenters. The quantitative estimate of drug-likeness (QED) is 0.393. The Bertz CT molecular complexity index is 680. The summed E-state index contributed by atoms with van der Waals surface area (Å²) in [5.74, 6) is 4.67. The third kappa shape index (κ3) is 3.01. The largest absolute Gasteiger partial charge is 0.290 e. The van der Waals surface area contributed by atoms with Crippen molar-refractivity contribution in [3.8, 4) is 0 Å². The van der Waals surface area contributed by atoms with E-state index < -0.39 is 0 Å². The standard InChI is InChI=1S/C17H18N2O2/c1-10-8-11(2)15(12(3)9-10)16(20)13-4-6-14(7-5-13)17(21)19-18/h4-9H,18H2,1-3H3,(H,19,21). The second-order valence-electron chi connectivity index (χ2n) is 5.15. The third-order valence-electron chi connectivity index (χ3n) is 3.44. The first-order valence-electron chi connectivity index (χ1n) is 6.67. The second kappa shape index (κ2) is 5.89. The van der Waals surface area contributed by atoms with Crippen LogP contribution in [-0.2, 0) is 0 Å². The fourth-order valence-electron chi connectivity index (χ4n) is 2.54. The van der Waals surface area contributed by atoms with E-state index in [1.165, 1.54) is 0 Å². The molecule has 2 rings (SSSR count). The Morgan fingerprint density at radius 2 is 1.38 bits per heavy atom. The van der Waals surface area contributed by atoms with Crippen molar-refractivity contribution in [2.75, 3.05) is 0 Å². The van der Waals surface area contributed by atoms with Crippen molar-refractivity contribution in [3.05, 3.63) is 69.8 Å². The minimum Gasteiger partial charge on any atom is -0.290 e. The molecule has 3 N–H and O–H groups in total. The molecule has 0 heterocycles. The van der Waals surface area contributed by atoms with Gasteiger partial charge in [-0.25, -0.2) is 5.84 Å². The van der Waals surface area contributed by atoms with Crippen LogP contribution >= 0.6 is 0 Å². The smallest absolute Gasteiger partial charge is 0.265 e. The van der Waals surface area contributed by atoms with Gasteiger partial charge in [0.2, 0.25) is 0 Å². The molecule has 4 heteroatoms. The summed E-state index contributed by atoms with van der Waals surface area (Å²) in [4.78, 5) is 24.0. The number of hydrogen-bond donors (Lipinski definition) is 2. The summed E-state index contributed by atoms with van der Waals surface area (Å²) in [6, 6.07) is 10.5. The molecular weight excluding hydrogens is 264 g/mol. The molecular formula is C17H18N2O2. The normalized spacial score (nSPS) is 10.3. The van der Waals surface area contributed by atoms with Crippen molar-refractivity contribution < 1.29 is 9.59 Å². The number of aryl methyl sites for hydroxylation is 3. The number of rotatable bonds is 3. The number of ketones is 1. The molecule has 0 aliphatic rings. The number of hydrazine groups is 1. The Kier molecular flexibility index (Phi) is 4.19. The molecule has 2 aromatic carbocycles. The average molecular weight is 282 g/mol. The molecule has 0 saturated carbocycles. The Morgan fingerprint density at radius 1 is 0.905 bits per heavy atom. The van der Waals surface area contributed by atoms with Crippen LogP contribution in [0.4, 0.5) is 0 Å². The maximum Gasteiger partial charge on any atom is 0.265 e. The van der Waals surface area contributed by atoms with E-state index in [2.05, 4.69) is 5.43 Å². The van der Waals surface area contributed by atoms with Crippen LogP contribution in [0.5, 0.6) is 0 Å². The Balaban J connectivity index is 2.39. The van der Waals surface area contributed by atoms with E-state index in [1.54, 1.807) is 24.3 Å². The van der Waals surface area contributed by atoms with Crippen LogP contribution in [0, 0.1) is 20.8 Å². The SMILES string of the molecule is Cc1cc(C)c(C(=O)c2ccc(C(=O)NN)cc2)c(C)c1. The van der Waals surface area contributed by atoms with E-state index in [1.807, 2.05) is 32.9 Å². The van der Waals surface area contributed by atoms with Crippen molar-refractivity contribution in [1.82, 2.24) is 5.43 Å². The number of nitrogen functional groups attached to an aromatic ring is 1. The first-order valence-corrected chi connectivity index (χ1v) is 6.67. The summed E-state index contributed by atoms with van der Waals surface area (Å²) < 4.78 is 0. The topological polar surface area (TPSA) is 72.2 Å². The molecule has 0 aromatic heterocycles. The predicted molar refractivity (Wildman–Crippen MR) is 82.2 cm³/mol. The van der Waals surface area contributed by atoms with Crippen LogP contribution in [0.15, 0.2) is 36.4 Å². The van der Waals surface area contributed by atoms with Gasteiger partial charge in [-0.2, -0.15) is 0 Å². The molecule has 0 fully saturated rings.